The van der Waals surface area contributed by atoms with E-state index in [1.165, 1.54) is 57.4 Å². The molecule has 3 heteroatoms. The van der Waals surface area contributed by atoms with Crippen LogP contribution in [0.25, 0.3) is 0 Å². The summed E-state index contributed by atoms with van der Waals surface area (Å²) in [5.41, 5.74) is 1.32. The van der Waals surface area contributed by atoms with Gasteiger partial charge >= 0.3 is 180 Å². The minimum absolute atomic E-state index is 0.109. The second kappa shape index (κ2) is 17.4. The minimum atomic E-state index is -2.18. The van der Waals surface area contributed by atoms with Crippen LogP contribution in [0.2, 0.25) is 13.3 Å². The molecule has 0 aromatic carbocycles. The Morgan fingerprint density at radius 3 is 1.96 bits per heavy atom. The first-order chi connectivity index (χ1) is 13.4. The Kier molecular flexibility index (Phi) is 17.0. The molecule has 28 heavy (non-hydrogen) atoms. The summed E-state index contributed by atoms with van der Waals surface area (Å²) in [6.45, 7) is 13.6. The molecule has 0 saturated heterocycles. The van der Waals surface area contributed by atoms with Crippen LogP contribution < -0.4 is 0 Å². The molecule has 0 aliphatic rings. The molecular weight excluding hydrogens is 451 g/mol. The van der Waals surface area contributed by atoms with Crippen molar-refractivity contribution in [2.45, 2.75) is 99.8 Å². The Hall–Kier alpha value is -0.511. The zero-order valence-electron chi connectivity index (χ0n) is 19.6. The van der Waals surface area contributed by atoms with Gasteiger partial charge in [-0.2, -0.15) is 0 Å². The molecule has 1 atom stereocenters. The van der Waals surface area contributed by atoms with E-state index in [2.05, 4.69) is 63.0 Å². The van der Waals surface area contributed by atoms with Crippen molar-refractivity contribution < 1.29 is 9.53 Å². The Morgan fingerprint density at radius 2 is 1.50 bits per heavy atom. The molecule has 0 aliphatic heterocycles. The first-order valence-corrected chi connectivity index (χ1v) is 19.3. The average Bonchev–Trinajstić information content (AvgIpc) is 2.67. The summed E-state index contributed by atoms with van der Waals surface area (Å²) < 4.78 is 12.3. The monoisotopic (exact) mass is 498 g/mol. The molecule has 162 valence electrons. The third kappa shape index (κ3) is 13.6. The number of carbonyl (C=O) groups excluding carboxylic acids is 1. The number of carbonyl (C=O) groups is 1. The van der Waals surface area contributed by atoms with Crippen LogP contribution in [0, 0.1) is 5.92 Å². The van der Waals surface area contributed by atoms with Crippen molar-refractivity contribution in [1.29, 1.82) is 0 Å². The van der Waals surface area contributed by atoms with E-state index in [0.29, 0.717) is 13.0 Å². The molecule has 0 bridgehead atoms. The van der Waals surface area contributed by atoms with Crippen LogP contribution in [0.3, 0.4) is 0 Å². The van der Waals surface area contributed by atoms with E-state index in [1.807, 2.05) is 6.92 Å². The summed E-state index contributed by atoms with van der Waals surface area (Å²) in [6, 6.07) is 0. The van der Waals surface area contributed by atoms with E-state index in [0.717, 1.165) is 0 Å². The Bertz CT molecular complexity index is 469. The van der Waals surface area contributed by atoms with Gasteiger partial charge in [0, 0.05) is 0 Å². The molecule has 0 aromatic rings. The topological polar surface area (TPSA) is 26.3 Å². The molecule has 2 nitrogen and oxygen atoms in total. The Morgan fingerprint density at radius 1 is 0.964 bits per heavy atom. The predicted molar refractivity (Wildman–Crippen MR) is 127 cm³/mol. The molecule has 1 unspecified atom stereocenters. The van der Waals surface area contributed by atoms with Crippen molar-refractivity contribution in [1.82, 2.24) is 0 Å². The Labute approximate surface area is 179 Å². The average molecular weight is 497 g/mol. The summed E-state index contributed by atoms with van der Waals surface area (Å²) in [7, 11) is 0. The standard InChI is InChI=1S/C13H19O2.3C4H9.Sn/c1-5-11(3)8-7-9-12(4)10-13(14)15-6-2;3*1-3-4-2;/h1,5,7-9,12H,6,10H2,2-4H3;3*1,3-4H2,2H3;. The van der Waals surface area contributed by atoms with Gasteiger partial charge in [-0.05, 0) is 0 Å². The first-order valence-electron chi connectivity index (χ1n) is 11.6. The normalized spacial score (nSPS) is 14.1. The van der Waals surface area contributed by atoms with Gasteiger partial charge in [0.15, 0.2) is 0 Å². The number of ether oxygens (including phenoxy) is 1. The van der Waals surface area contributed by atoms with Gasteiger partial charge in [-0.1, -0.05) is 0 Å². The molecule has 0 saturated carbocycles. The number of rotatable bonds is 16. The summed E-state index contributed by atoms with van der Waals surface area (Å²) in [4.78, 5) is 11.5. The quantitative estimate of drug-likeness (QED) is 0.123. The van der Waals surface area contributed by atoms with Crippen LogP contribution in [0.15, 0.2) is 34.0 Å². The third-order valence-corrected chi connectivity index (χ3v) is 19.4. The third-order valence-electron chi connectivity index (χ3n) is 5.38. The molecule has 0 aliphatic carbocycles. The molecule has 0 spiro atoms. The first kappa shape index (κ1) is 27.5. The van der Waals surface area contributed by atoms with Crippen molar-refractivity contribution in [3.8, 4) is 0 Å². The maximum absolute atomic E-state index is 11.5. The fraction of sp³-hybridized carbons (Fsp3) is 0.720. The molecular formula is C25H46O2Sn. The Balaban J connectivity index is 5.03. The molecule has 0 aromatic heterocycles. The second-order valence-corrected chi connectivity index (χ2v) is 21.3. The number of hydrogen-bond acceptors (Lipinski definition) is 2. The van der Waals surface area contributed by atoms with Crippen molar-refractivity contribution in [2.24, 2.45) is 5.92 Å². The van der Waals surface area contributed by atoms with Gasteiger partial charge in [-0.3, -0.25) is 0 Å². The fourth-order valence-electron chi connectivity index (χ4n) is 3.52. The summed E-state index contributed by atoms with van der Waals surface area (Å²) >= 11 is -2.18. The summed E-state index contributed by atoms with van der Waals surface area (Å²) in [5, 5.41) is 0. The van der Waals surface area contributed by atoms with Gasteiger partial charge in [0.2, 0.25) is 0 Å². The molecule has 0 radical (unpaired) electrons. The van der Waals surface area contributed by atoms with Gasteiger partial charge in [0.1, 0.15) is 0 Å². The number of hydrogen-bond donors (Lipinski definition) is 0. The molecule has 0 rings (SSSR count). The number of esters is 1. The molecule has 0 fully saturated rings. The van der Waals surface area contributed by atoms with Crippen molar-refractivity contribution >= 4 is 24.3 Å². The van der Waals surface area contributed by atoms with Crippen LogP contribution in [0.5, 0.6) is 0 Å². The van der Waals surface area contributed by atoms with Gasteiger partial charge in [-0.25, -0.2) is 0 Å². The maximum atomic E-state index is 11.5. The van der Waals surface area contributed by atoms with Crippen LogP contribution >= 0.6 is 0 Å². The van der Waals surface area contributed by atoms with Gasteiger partial charge in [0.05, 0.1) is 0 Å². The van der Waals surface area contributed by atoms with E-state index in [9.17, 15) is 4.79 Å². The van der Waals surface area contributed by atoms with Gasteiger partial charge < -0.3 is 0 Å². The van der Waals surface area contributed by atoms with E-state index in [1.54, 1.807) is 0 Å². The van der Waals surface area contributed by atoms with E-state index in [4.69, 9.17) is 4.74 Å². The summed E-state index contributed by atoms with van der Waals surface area (Å²) in [5.74, 6) is 0.103. The van der Waals surface area contributed by atoms with Crippen molar-refractivity contribution in [3.05, 3.63) is 34.0 Å². The van der Waals surface area contributed by atoms with Crippen LogP contribution in [-0.2, 0) is 9.53 Å². The van der Waals surface area contributed by atoms with Crippen LogP contribution in [-0.4, -0.2) is 31.0 Å². The van der Waals surface area contributed by atoms with Crippen LogP contribution in [0.1, 0.15) is 86.5 Å². The van der Waals surface area contributed by atoms with Gasteiger partial charge in [0.25, 0.3) is 0 Å². The van der Waals surface area contributed by atoms with E-state index < -0.39 is 18.4 Å². The number of unbranched alkanes of at least 4 members (excludes halogenated alkanes) is 3. The van der Waals surface area contributed by atoms with E-state index in [-0.39, 0.29) is 11.9 Å². The fourth-order valence-corrected chi connectivity index (χ4v) is 17.9. The van der Waals surface area contributed by atoms with Crippen LogP contribution in [0.4, 0.5) is 0 Å². The molecule has 0 heterocycles. The molecule has 0 N–H and O–H groups in total. The van der Waals surface area contributed by atoms with Crippen molar-refractivity contribution in [2.75, 3.05) is 6.61 Å². The zero-order chi connectivity index (χ0) is 21.3. The molecule has 0 amide bonds. The van der Waals surface area contributed by atoms with Crippen molar-refractivity contribution in [3.63, 3.8) is 0 Å². The predicted octanol–water partition coefficient (Wildman–Crippen LogP) is 8.02. The number of allylic oxidation sites excluding steroid dienone is 5. The van der Waals surface area contributed by atoms with E-state index >= 15 is 0 Å². The SMILES string of the molecule is CCC[CH2][Sn]([CH]=CC(C)=CC=CC(C)CC(=O)OCC)([CH2]CCC)[CH2]CCC. The second-order valence-electron chi connectivity index (χ2n) is 8.29. The van der Waals surface area contributed by atoms with Gasteiger partial charge in [-0.15, -0.1) is 0 Å². The summed E-state index contributed by atoms with van der Waals surface area (Å²) in [6.07, 6.45) is 17.4. The zero-order valence-corrected chi connectivity index (χ0v) is 22.4.